The van der Waals surface area contributed by atoms with E-state index in [9.17, 15) is 28.7 Å². The number of carbonyl (C=O) groups excluding carboxylic acids is 4. The molecule has 2 aliphatic heterocycles. The van der Waals surface area contributed by atoms with Crippen LogP contribution in [0.25, 0.3) is 12.2 Å². The maximum absolute atomic E-state index is 14.5. The third-order valence-electron chi connectivity index (χ3n) is 11.7. The molecule has 1 saturated carbocycles. The van der Waals surface area contributed by atoms with Gasteiger partial charge in [0.15, 0.2) is 0 Å². The molecule has 6 atom stereocenters. The van der Waals surface area contributed by atoms with Crippen molar-refractivity contribution in [3.63, 3.8) is 0 Å². The summed E-state index contributed by atoms with van der Waals surface area (Å²) in [6.45, 7) is 1.75. The Morgan fingerprint density at radius 3 is 2.30 bits per heavy atom. The smallest absolute Gasteiger partial charge is 0.241 e. The number of fused-ring (bicyclic) bond motifs is 4. The van der Waals surface area contributed by atoms with Crippen molar-refractivity contribution < 1.29 is 38.1 Å². The van der Waals surface area contributed by atoms with Crippen LogP contribution in [0.5, 0.6) is 17.2 Å². The number of ether oxygens (including phenoxy) is 2. The third-order valence-corrected chi connectivity index (χ3v) is 12.0. The molecule has 0 unspecified atom stereocenters. The number of methoxy groups -OCH3 is 2. The molecule has 0 radical (unpaired) electrons. The molecule has 0 bridgehead atoms. The van der Waals surface area contributed by atoms with E-state index in [1.54, 1.807) is 51.5 Å². The predicted octanol–water partition coefficient (Wildman–Crippen LogP) is 7.81. The molecule has 4 amide bonds. The summed E-state index contributed by atoms with van der Waals surface area (Å²) in [6, 6.07) is 22.9. The van der Waals surface area contributed by atoms with Crippen LogP contribution in [0.4, 0.5) is 15.8 Å². The molecule has 2 saturated heterocycles. The van der Waals surface area contributed by atoms with E-state index in [1.165, 1.54) is 23.1 Å². The number of amides is 4. The fourth-order valence-electron chi connectivity index (χ4n) is 9.11. The normalized spacial score (nSPS) is 26.2. The Bertz CT molecular complexity index is 2310. The van der Waals surface area contributed by atoms with Crippen molar-refractivity contribution in [3.05, 3.63) is 124 Å². The van der Waals surface area contributed by atoms with Gasteiger partial charge in [-0.05, 0) is 97.5 Å². The maximum Gasteiger partial charge on any atom is 0.241 e. The van der Waals surface area contributed by atoms with Crippen LogP contribution >= 0.6 is 11.6 Å². The van der Waals surface area contributed by atoms with E-state index >= 15 is 0 Å². The van der Waals surface area contributed by atoms with Gasteiger partial charge in [-0.25, -0.2) is 9.29 Å². The van der Waals surface area contributed by atoms with Gasteiger partial charge < -0.3 is 14.6 Å². The second-order valence-electron chi connectivity index (χ2n) is 14.4. The number of imide groups is 2. The lowest BCUT2D eigenvalue weighted by Gasteiger charge is -2.49. The van der Waals surface area contributed by atoms with Crippen LogP contribution in [0.3, 0.4) is 0 Å². The van der Waals surface area contributed by atoms with E-state index in [0.717, 1.165) is 27.7 Å². The van der Waals surface area contributed by atoms with Crippen LogP contribution in [0, 0.1) is 34.9 Å². The molecular weight excluding hydrogens is 711 g/mol. The zero-order valence-electron chi connectivity index (χ0n) is 29.7. The summed E-state index contributed by atoms with van der Waals surface area (Å²) >= 11 is 6.10. The van der Waals surface area contributed by atoms with Crippen molar-refractivity contribution in [1.82, 2.24) is 0 Å². The van der Waals surface area contributed by atoms with Gasteiger partial charge in [0, 0.05) is 11.5 Å². The zero-order chi connectivity index (χ0) is 38.1. The van der Waals surface area contributed by atoms with Crippen LogP contribution < -0.4 is 19.3 Å². The Labute approximate surface area is 316 Å². The predicted molar refractivity (Wildman–Crippen MR) is 202 cm³/mol. The van der Waals surface area contributed by atoms with E-state index in [1.807, 2.05) is 48.6 Å². The van der Waals surface area contributed by atoms with Crippen molar-refractivity contribution in [1.29, 1.82) is 0 Å². The highest BCUT2D eigenvalue weighted by molar-refractivity contribution is 6.32. The number of benzene rings is 4. The summed E-state index contributed by atoms with van der Waals surface area (Å²) in [5, 5.41) is 10.3. The van der Waals surface area contributed by atoms with E-state index in [-0.39, 0.29) is 41.1 Å². The quantitative estimate of drug-likeness (QED) is 0.117. The van der Waals surface area contributed by atoms with Crippen LogP contribution in [0.15, 0.2) is 96.6 Å². The molecule has 3 fully saturated rings. The van der Waals surface area contributed by atoms with E-state index in [2.05, 4.69) is 0 Å². The molecular formula is C43H36ClFN2O7. The third kappa shape index (κ3) is 5.42. The molecule has 274 valence electrons. The van der Waals surface area contributed by atoms with Crippen molar-refractivity contribution in [3.8, 4) is 17.2 Å². The molecule has 8 rings (SSSR count). The average molecular weight is 747 g/mol. The van der Waals surface area contributed by atoms with Crippen LogP contribution in [0.2, 0.25) is 5.02 Å². The minimum atomic E-state index is -1.31. The number of halogens is 2. The molecule has 9 nitrogen and oxygen atoms in total. The maximum atomic E-state index is 14.5. The van der Waals surface area contributed by atoms with Gasteiger partial charge in [-0.1, -0.05) is 59.7 Å². The first-order chi connectivity index (χ1) is 26.0. The second kappa shape index (κ2) is 13.3. The Balaban J connectivity index is 1.13. The molecule has 2 aliphatic carbocycles. The number of carbonyl (C=O) groups is 4. The Morgan fingerprint density at radius 2 is 1.59 bits per heavy atom. The van der Waals surface area contributed by atoms with Gasteiger partial charge in [-0.3, -0.25) is 24.1 Å². The van der Waals surface area contributed by atoms with Crippen molar-refractivity contribution in [2.45, 2.75) is 25.7 Å². The molecule has 11 heteroatoms. The number of phenols is 1. The zero-order valence-corrected chi connectivity index (χ0v) is 30.4. The number of anilines is 2. The highest BCUT2D eigenvalue weighted by Crippen LogP contribution is 2.64. The van der Waals surface area contributed by atoms with Crippen molar-refractivity contribution in [2.75, 3.05) is 24.0 Å². The van der Waals surface area contributed by atoms with Gasteiger partial charge in [0.25, 0.3) is 0 Å². The summed E-state index contributed by atoms with van der Waals surface area (Å²) in [6.07, 6.45) is 6.17. The van der Waals surface area contributed by atoms with Gasteiger partial charge in [0.1, 0.15) is 23.1 Å². The van der Waals surface area contributed by atoms with Crippen molar-refractivity contribution >= 4 is 58.8 Å². The summed E-state index contributed by atoms with van der Waals surface area (Å²) < 4.78 is 25.0. The summed E-state index contributed by atoms with van der Waals surface area (Å²) in [4.78, 5) is 59.8. The van der Waals surface area contributed by atoms with Gasteiger partial charge in [0.05, 0.1) is 53.8 Å². The fraction of sp³-hybridized carbons (Fsp3) is 0.256. The van der Waals surface area contributed by atoms with E-state index < -0.39 is 52.6 Å². The molecule has 54 heavy (non-hydrogen) atoms. The molecule has 0 spiro atoms. The SMILES string of the molecule is COc1ccc(OC)c(C=Cc2ccc(N3C(=O)[C@H]4[C@H](CC=C5[C@H]4C[C@H]4C(=O)N(c6ccc(F)c(Cl)c6)C(=O)[C@@]4(C)[C@H]5c4cccc(O)c4)C3=O)cc2)c1. The first-order valence-corrected chi connectivity index (χ1v) is 18.0. The molecule has 2 heterocycles. The number of aromatic hydroxyl groups is 1. The van der Waals surface area contributed by atoms with Crippen LogP contribution in [0.1, 0.15) is 42.4 Å². The monoisotopic (exact) mass is 746 g/mol. The number of nitrogens with zero attached hydrogens (tertiary/aromatic N) is 2. The summed E-state index contributed by atoms with van der Waals surface area (Å²) in [5.74, 6) is -4.51. The highest BCUT2D eigenvalue weighted by Gasteiger charge is 2.67. The van der Waals surface area contributed by atoms with E-state index in [4.69, 9.17) is 21.1 Å². The highest BCUT2D eigenvalue weighted by atomic mass is 35.5. The van der Waals surface area contributed by atoms with Crippen LogP contribution in [-0.2, 0) is 19.2 Å². The number of rotatable bonds is 7. The Morgan fingerprint density at radius 1 is 0.833 bits per heavy atom. The first-order valence-electron chi connectivity index (χ1n) is 17.7. The first kappa shape index (κ1) is 35.3. The summed E-state index contributed by atoms with van der Waals surface area (Å²) in [7, 11) is 3.19. The minimum absolute atomic E-state index is 0.0118. The Hall–Kier alpha value is -5.74. The lowest BCUT2D eigenvalue weighted by atomic mass is 9.51. The number of allylic oxidation sites excluding steroid dienone is 2. The van der Waals surface area contributed by atoms with Gasteiger partial charge in [0.2, 0.25) is 23.6 Å². The lowest BCUT2D eigenvalue weighted by molar-refractivity contribution is -0.131. The standard InChI is InChI=1S/C43H36ClFN2O7/c1-43-33(40(50)47(42(43)52)27-13-17-35(45)34(44)21-27)22-32-30(38(43)25-5-4-6-28(48)19-25)15-16-31-37(32)41(51)46(39(31)49)26-11-8-23(9-12-26)7-10-24-20-29(53-2)14-18-36(24)54-3/h4-15,17-21,31-33,37-38,48H,16,22H2,1-3H3/t31-,32+,33-,37-,38-,43+/m0/s1. The molecule has 4 aromatic carbocycles. The molecule has 1 N–H and O–H groups in total. The van der Waals surface area contributed by atoms with Crippen LogP contribution in [-0.4, -0.2) is 43.0 Å². The largest absolute Gasteiger partial charge is 0.508 e. The number of hydrogen-bond donors (Lipinski definition) is 1. The van der Waals surface area contributed by atoms with Gasteiger partial charge >= 0.3 is 0 Å². The Kier molecular flexibility index (Phi) is 8.68. The molecule has 4 aromatic rings. The average Bonchev–Trinajstić information content (AvgIpc) is 3.54. The van der Waals surface area contributed by atoms with Gasteiger partial charge in [-0.15, -0.1) is 0 Å². The topological polar surface area (TPSA) is 113 Å². The van der Waals surface area contributed by atoms with Gasteiger partial charge in [-0.2, -0.15) is 0 Å². The number of hydrogen-bond acceptors (Lipinski definition) is 7. The van der Waals surface area contributed by atoms with E-state index in [0.29, 0.717) is 22.7 Å². The number of phenolic OH excluding ortho intramolecular Hbond substituents is 1. The van der Waals surface area contributed by atoms with Crippen molar-refractivity contribution in [2.24, 2.45) is 29.1 Å². The minimum Gasteiger partial charge on any atom is -0.508 e. The molecule has 0 aromatic heterocycles. The summed E-state index contributed by atoms with van der Waals surface area (Å²) in [5.41, 5.74) is 2.33. The lowest BCUT2D eigenvalue weighted by Crippen LogP contribution is -2.48. The molecule has 4 aliphatic rings. The fourth-order valence-corrected chi connectivity index (χ4v) is 9.29. The second-order valence-corrected chi connectivity index (χ2v) is 14.8.